The first-order valence-corrected chi connectivity index (χ1v) is 11.4. The van der Waals surface area contributed by atoms with Gasteiger partial charge in [-0.3, -0.25) is 0 Å². The van der Waals surface area contributed by atoms with Gasteiger partial charge in [0.05, 0.1) is 17.3 Å². The van der Waals surface area contributed by atoms with Crippen LogP contribution in [0.25, 0.3) is 16.7 Å². The second-order valence-electron chi connectivity index (χ2n) is 8.71. The Labute approximate surface area is 179 Å². The van der Waals surface area contributed by atoms with E-state index < -0.39 is 0 Å². The summed E-state index contributed by atoms with van der Waals surface area (Å²) < 4.78 is 1.95. The van der Waals surface area contributed by atoms with Crippen LogP contribution in [0.4, 0.5) is 5.82 Å². The minimum absolute atomic E-state index is 0.756. The number of anilines is 1. The molecule has 1 aliphatic rings. The van der Waals surface area contributed by atoms with Crippen LogP contribution in [0.2, 0.25) is 0 Å². The zero-order valence-corrected chi connectivity index (χ0v) is 18.6. The minimum atomic E-state index is 0.756. The number of hydrogen-bond donors (Lipinski definition) is 0. The lowest BCUT2D eigenvalue weighted by Crippen LogP contribution is -2.32. The first-order chi connectivity index (χ1) is 14.7. The van der Waals surface area contributed by atoms with E-state index in [2.05, 4.69) is 47.8 Å². The van der Waals surface area contributed by atoms with Crippen molar-refractivity contribution in [3.8, 4) is 5.69 Å². The molecule has 6 nitrogen and oxygen atoms in total. The van der Waals surface area contributed by atoms with Gasteiger partial charge in [0.1, 0.15) is 11.6 Å². The highest BCUT2D eigenvalue weighted by molar-refractivity contribution is 5.88. The molecule has 1 aromatic carbocycles. The van der Waals surface area contributed by atoms with Crippen LogP contribution in [0.5, 0.6) is 0 Å². The molecule has 3 heterocycles. The highest BCUT2D eigenvalue weighted by atomic mass is 15.3. The molecule has 2 aromatic heterocycles. The van der Waals surface area contributed by atoms with Gasteiger partial charge in [-0.15, -0.1) is 0 Å². The fourth-order valence-electron chi connectivity index (χ4n) is 4.12. The molecule has 3 aromatic rings. The quantitative estimate of drug-likeness (QED) is 0.585. The molecule has 0 N–H and O–H groups in total. The van der Waals surface area contributed by atoms with Crippen molar-refractivity contribution in [3.63, 3.8) is 0 Å². The van der Waals surface area contributed by atoms with Crippen molar-refractivity contribution >= 4 is 16.9 Å². The van der Waals surface area contributed by atoms with Crippen molar-refractivity contribution in [3.05, 3.63) is 42.4 Å². The van der Waals surface area contributed by atoms with E-state index >= 15 is 0 Å². The average Bonchev–Trinajstić information content (AvgIpc) is 3.03. The summed E-state index contributed by atoms with van der Waals surface area (Å²) >= 11 is 0. The predicted molar refractivity (Wildman–Crippen MR) is 123 cm³/mol. The first-order valence-electron chi connectivity index (χ1n) is 11.4. The number of hydrogen-bond acceptors (Lipinski definition) is 5. The van der Waals surface area contributed by atoms with Crippen LogP contribution < -0.4 is 4.90 Å². The van der Waals surface area contributed by atoms with Crippen molar-refractivity contribution in [1.29, 1.82) is 0 Å². The Morgan fingerprint density at radius 2 is 1.83 bits per heavy atom. The smallest absolute Gasteiger partial charge is 0.168 e. The van der Waals surface area contributed by atoms with E-state index in [0.717, 1.165) is 66.8 Å². The minimum Gasteiger partial charge on any atom is -0.355 e. The summed E-state index contributed by atoms with van der Waals surface area (Å²) in [5, 5.41) is 5.74. The molecule has 0 saturated carbocycles. The van der Waals surface area contributed by atoms with Gasteiger partial charge < -0.3 is 9.80 Å². The number of nitrogens with zero attached hydrogens (tertiary/aromatic N) is 6. The Balaban J connectivity index is 1.65. The first kappa shape index (κ1) is 20.8. The van der Waals surface area contributed by atoms with Gasteiger partial charge >= 0.3 is 0 Å². The van der Waals surface area contributed by atoms with Gasteiger partial charge in [-0.2, -0.15) is 5.10 Å². The van der Waals surface area contributed by atoms with Gasteiger partial charge in [-0.25, -0.2) is 14.6 Å². The number of benzene rings is 1. The van der Waals surface area contributed by atoms with Crippen LogP contribution in [-0.4, -0.2) is 57.4 Å². The van der Waals surface area contributed by atoms with E-state index in [1.165, 1.54) is 25.9 Å². The van der Waals surface area contributed by atoms with Gasteiger partial charge in [0.25, 0.3) is 0 Å². The molecule has 0 atom stereocenters. The second kappa shape index (κ2) is 9.56. The number of fused-ring (bicyclic) bond motifs is 1. The Bertz CT molecular complexity index is 949. The summed E-state index contributed by atoms with van der Waals surface area (Å²) in [6.07, 6.45) is 6.29. The van der Waals surface area contributed by atoms with Crippen LogP contribution in [0.3, 0.4) is 0 Å². The molecule has 0 bridgehead atoms. The highest BCUT2D eigenvalue weighted by Crippen LogP contribution is 2.27. The summed E-state index contributed by atoms with van der Waals surface area (Å²) in [5.41, 5.74) is 1.95. The molecule has 0 spiro atoms. The van der Waals surface area contributed by atoms with E-state index in [9.17, 15) is 0 Å². The molecule has 0 radical (unpaired) electrons. The molecule has 0 amide bonds. The van der Waals surface area contributed by atoms with Gasteiger partial charge in [0.2, 0.25) is 0 Å². The molecule has 0 aliphatic carbocycles. The van der Waals surface area contributed by atoms with Gasteiger partial charge in [-0.1, -0.05) is 39.0 Å². The molecule has 4 rings (SSSR count). The van der Waals surface area contributed by atoms with Gasteiger partial charge in [-0.05, 0) is 50.4 Å². The normalized spacial score (nSPS) is 15.8. The summed E-state index contributed by atoms with van der Waals surface area (Å²) in [6, 6.07) is 10.3. The fourth-order valence-corrected chi connectivity index (χ4v) is 4.12. The Morgan fingerprint density at radius 1 is 1.00 bits per heavy atom. The zero-order chi connectivity index (χ0) is 20.9. The van der Waals surface area contributed by atoms with Crippen molar-refractivity contribution in [2.24, 2.45) is 5.92 Å². The Morgan fingerprint density at radius 3 is 2.60 bits per heavy atom. The van der Waals surface area contributed by atoms with Crippen LogP contribution >= 0.6 is 0 Å². The molecular weight excluding hydrogens is 372 g/mol. The molecule has 30 heavy (non-hydrogen) atoms. The monoisotopic (exact) mass is 406 g/mol. The predicted octanol–water partition coefficient (Wildman–Crippen LogP) is 4.33. The van der Waals surface area contributed by atoms with Gasteiger partial charge in [0.15, 0.2) is 5.65 Å². The Kier molecular flexibility index (Phi) is 6.62. The SMILES string of the molecule is CCCc1nc(N2CCCN(CCC(C)C)CC2)c2cnn(-c3ccccc3)c2n1. The van der Waals surface area contributed by atoms with Crippen molar-refractivity contribution in [2.75, 3.05) is 37.6 Å². The maximum absolute atomic E-state index is 5.01. The van der Waals surface area contributed by atoms with E-state index in [1.807, 2.05) is 29.1 Å². The zero-order valence-electron chi connectivity index (χ0n) is 18.6. The Hall–Kier alpha value is -2.47. The summed E-state index contributed by atoms with van der Waals surface area (Å²) in [6.45, 7) is 12.3. The molecule has 1 fully saturated rings. The second-order valence-corrected chi connectivity index (χ2v) is 8.71. The maximum atomic E-state index is 5.01. The van der Waals surface area contributed by atoms with E-state index in [4.69, 9.17) is 9.97 Å². The number of aryl methyl sites for hydroxylation is 1. The summed E-state index contributed by atoms with van der Waals surface area (Å²) in [4.78, 5) is 15.0. The largest absolute Gasteiger partial charge is 0.355 e. The lowest BCUT2D eigenvalue weighted by atomic mass is 10.1. The molecule has 6 heteroatoms. The molecule has 1 saturated heterocycles. The van der Waals surface area contributed by atoms with Crippen LogP contribution in [0, 0.1) is 5.92 Å². The van der Waals surface area contributed by atoms with E-state index in [0.29, 0.717) is 0 Å². The average molecular weight is 407 g/mol. The van der Waals surface area contributed by atoms with Gasteiger partial charge in [0, 0.05) is 26.1 Å². The molecule has 160 valence electrons. The lowest BCUT2D eigenvalue weighted by molar-refractivity contribution is 0.275. The van der Waals surface area contributed by atoms with Crippen LogP contribution in [-0.2, 0) is 6.42 Å². The molecule has 1 aliphatic heterocycles. The molecular formula is C24H34N6. The number of aromatic nitrogens is 4. The maximum Gasteiger partial charge on any atom is 0.168 e. The number of para-hydroxylation sites is 1. The van der Waals surface area contributed by atoms with Crippen LogP contribution in [0.15, 0.2) is 36.5 Å². The van der Waals surface area contributed by atoms with E-state index in [1.54, 1.807) is 0 Å². The van der Waals surface area contributed by atoms with Crippen molar-refractivity contribution in [1.82, 2.24) is 24.6 Å². The third kappa shape index (κ3) is 4.64. The third-order valence-corrected chi connectivity index (χ3v) is 5.84. The van der Waals surface area contributed by atoms with Crippen molar-refractivity contribution in [2.45, 2.75) is 46.5 Å². The molecule has 0 unspecified atom stereocenters. The topological polar surface area (TPSA) is 50.1 Å². The standard InChI is InChI=1S/C24H34N6/c1-4-9-22-26-23(29-14-8-13-28(16-17-29)15-12-19(2)3)21-18-25-30(24(21)27-22)20-10-6-5-7-11-20/h5-7,10-11,18-19H,4,8-9,12-17H2,1-3H3. The lowest BCUT2D eigenvalue weighted by Gasteiger charge is -2.24. The highest BCUT2D eigenvalue weighted by Gasteiger charge is 2.21. The third-order valence-electron chi connectivity index (χ3n) is 5.84. The number of rotatable bonds is 7. The van der Waals surface area contributed by atoms with Crippen LogP contribution in [0.1, 0.15) is 45.9 Å². The summed E-state index contributed by atoms with van der Waals surface area (Å²) in [5.74, 6) is 2.72. The summed E-state index contributed by atoms with van der Waals surface area (Å²) in [7, 11) is 0. The fraction of sp³-hybridized carbons (Fsp3) is 0.542. The van der Waals surface area contributed by atoms with Crippen molar-refractivity contribution < 1.29 is 0 Å². The van der Waals surface area contributed by atoms with E-state index in [-0.39, 0.29) is 0 Å².